The topological polar surface area (TPSA) is 99.7 Å². The van der Waals surface area contributed by atoms with E-state index >= 15 is 0 Å². The Morgan fingerprint density at radius 1 is 1.14 bits per heavy atom. The highest BCUT2D eigenvalue weighted by atomic mass is 16.4. The summed E-state index contributed by atoms with van der Waals surface area (Å²) < 4.78 is 0. The predicted molar refractivity (Wildman–Crippen MR) is 114 cm³/mol. The van der Waals surface area contributed by atoms with E-state index in [1.807, 2.05) is 17.0 Å². The molecule has 0 spiro atoms. The summed E-state index contributed by atoms with van der Waals surface area (Å²) in [6.45, 7) is 1.84. The molecule has 148 valence electrons. The lowest BCUT2D eigenvalue weighted by molar-refractivity contribution is 0.0715. The summed E-state index contributed by atoms with van der Waals surface area (Å²) in [5, 5.41) is 20.0. The van der Waals surface area contributed by atoms with Crippen molar-refractivity contribution < 1.29 is 14.8 Å². The van der Waals surface area contributed by atoms with Gasteiger partial charge in [-0.05, 0) is 47.5 Å². The molecule has 1 saturated heterocycles. The number of nitrogens with zero attached hydrogens (tertiary/aromatic N) is 2. The summed E-state index contributed by atoms with van der Waals surface area (Å²) in [6.07, 6.45) is 3.37. The van der Waals surface area contributed by atoms with E-state index in [4.69, 9.17) is 5.73 Å². The van der Waals surface area contributed by atoms with Gasteiger partial charge in [0.1, 0.15) is 0 Å². The molecular weight excluding hydrogens is 365 g/mol. The van der Waals surface area contributed by atoms with Crippen LogP contribution in [0.15, 0.2) is 54.7 Å². The van der Waals surface area contributed by atoms with Crippen LogP contribution < -0.4 is 11.2 Å². The molecule has 0 unspecified atom stereocenters. The highest BCUT2D eigenvalue weighted by Crippen LogP contribution is 2.29. The third-order valence-electron chi connectivity index (χ3n) is 5.75. The number of likely N-dealkylation sites (tertiary alicyclic amines) is 1. The van der Waals surface area contributed by atoms with Crippen LogP contribution in [0.1, 0.15) is 40.2 Å². The number of rotatable bonds is 4. The van der Waals surface area contributed by atoms with Gasteiger partial charge in [-0.25, -0.2) is 0 Å². The van der Waals surface area contributed by atoms with Crippen molar-refractivity contribution in [1.82, 2.24) is 9.88 Å². The molecule has 0 atom stereocenters. The number of hydrogen-bond donors (Lipinski definition) is 3. The van der Waals surface area contributed by atoms with Gasteiger partial charge in [0.2, 0.25) is 0 Å². The molecule has 7 heteroatoms. The molecule has 1 amide bonds. The van der Waals surface area contributed by atoms with E-state index in [0.29, 0.717) is 47.5 Å². The zero-order valence-electron chi connectivity index (χ0n) is 16.2. The van der Waals surface area contributed by atoms with Gasteiger partial charge in [-0.1, -0.05) is 36.4 Å². The van der Waals surface area contributed by atoms with Crippen LogP contribution >= 0.6 is 0 Å². The molecule has 1 aromatic heterocycles. The summed E-state index contributed by atoms with van der Waals surface area (Å²) in [6, 6.07) is 15.1. The Bertz CT molecular complexity index is 1030. The highest BCUT2D eigenvalue weighted by Gasteiger charge is 2.27. The van der Waals surface area contributed by atoms with Crippen molar-refractivity contribution in [3.8, 4) is 0 Å². The average Bonchev–Trinajstić information content (AvgIpc) is 2.77. The maximum absolute atomic E-state index is 13.3. The first-order valence-electron chi connectivity index (χ1n) is 9.90. The van der Waals surface area contributed by atoms with Crippen molar-refractivity contribution in [1.29, 1.82) is 0 Å². The fraction of sp³-hybridized carbons (Fsp3) is 0.273. The van der Waals surface area contributed by atoms with Gasteiger partial charge in [0.15, 0.2) is 0 Å². The van der Waals surface area contributed by atoms with Crippen LogP contribution in [0.3, 0.4) is 0 Å². The predicted octanol–water partition coefficient (Wildman–Crippen LogP) is 1.39. The second kappa shape index (κ2) is 8.33. The molecule has 0 saturated carbocycles. The molecule has 3 aromatic rings. The Labute approximate surface area is 170 Å². The van der Waals surface area contributed by atoms with Crippen molar-refractivity contribution in [3.63, 3.8) is 0 Å². The Morgan fingerprint density at radius 2 is 1.90 bits per heavy atom. The number of aromatic nitrogens is 1. The Kier molecular flexibility index (Phi) is 5.62. The summed E-state index contributed by atoms with van der Waals surface area (Å²) in [7, 11) is -1.66. The maximum Gasteiger partial charge on any atom is 0.489 e. The number of fused-ring (bicyclic) bond motifs is 1. The van der Waals surface area contributed by atoms with Gasteiger partial charge in [-0.15, -0.1) is 0 Å². The van der Waals surface area contributed by atoms with Crippen molar-refractivity contribution in [2.24, 2.45) is 5.73 Å². The van der Waals surface area contributed by atoms with Gasteiger partial charge in [-0.2, -0.15) is 0 Å². The van der Waals surface area contributed by atoms with Gasteiger partial charge in [0.05, 0.1) is 11.1 Å². The molecule has 4 N–H and O–H groups in total. The van der Waals surface area contributed by atoms with Gasteiger partial charge >= 0.3 is 7.12 Å². The number of benzene rings is 2. The van der Waals surface area contributed by atoms with Crippen LogP contribution in [-0.4, -0.2) is 46.0 Å². The fourth-order valence-corrected chi connectivity index (χ4v) is 4.19. The summed E-state index contributed by atoms with van der Waals surface area (Å²) >= 11 is 0. The Balaban J connectivity index is 1.56. The van der Waals surface area contributed by atoms with Crippen LogP contribution in [0.5, 0.6) is 0 Å². The van der Waals surface area contributed by atoms with E-state index in [9.17, 15) is 14.8 Å². The number of piperidine rings is 1. The fourth-order valence-electron chi connectivity index (χ4n) is 4.19. The average molecular weight is 389 g/mol. The zero-order valence-corrected chi connectivity index (χ0v) is 16.2. The van der Waals surface area contributed by atoms with Crippen LogP contribution in [0.2, 0.25) is 0 Å². The van der Waals surface area contributed by atoms with E-state index in [1.54, 1.807) is 30.5 Å². The number of carbonyl (C=O) groups excluding carboxylic acids is 1. The van der Waals surface area contributed by atoms with Gasteiger partial charge in [0.25, 0.3) is 5.91 Å². The lowest BCUT2D eigenvalue weighted by Gasteiger charge is -2.32. The molecule has 2 aromatic carbocycles. The number of carbonyl (C=O) groups is 1. The van der Waals surface area contributed by atoms with Gasteiger partial charge in [0, 0.05) is 31.2 Å². The first kappa shape index (κ1) is 19.6. The monoisotopic (exact) mass is 389 g/mol. The van der Waals surface area contributed by atoms with Crippen molar-refractivity contribution in [2.75, 3.05) is 13.1 Å². The van der Waals surface area contributed by atoms with Crippen molar-refractivity contribution in [2.45, 2.75) is 25.3 Å². The third-order valence-corrected chi connectivity index (χ3v) is 5.75. The Morgan fingerprint density at radius 3 is 2.62 bits per heavy atom. The van der Waals surface area contributed by atoms with E-state index < -0.39 is 7.12 Å². The standard InChI is InChI=1S/C22H24BN3O3/c24-14-15-3-1-4-17(13-15)16-8-11-26(12-9-16)22(27)18-7-10-25-20-6-2-5-19(21(18)20)23(28)29/h1-7,10,13,16,28-29H,8-9,11-12,14,24H2. The second-order valence-corrected chi connectivity index (χ2v) is 7.49. The molecule has 2 heterocycles. The van der Waals surface area contributed by atoms with Crippen LogP contribution in [0.25, 0.3) is 10.9 Å². The molecule has 0 bridgehead atoms. The molecule has 0 radical (unpaired) electrons. The number of hydrogen-bond acceptors (Lipinski definition) is 5. The molecular formula is C22H24BN3O3. The van der Waals surface area contributed by atoms with Crippen LogP contribution in [0, 0.1) is 0 Å². The Hall–Kier alpha value is -2.74. The minimum Gasteiger partial charge on any atom is -0.423 e. The SMILES string of the molecule is NCc1cccc(C2CCN(C(=O)c3ccnc4cccc(B(O)O)c34)CC2)c1. The first-order valence-corrected chi connectivity index (χ1v) is 9.90. The quantitative estimate of drug-likeness (QED) is 0.586. The number of nitrogens with two attached hydrogens (primary N) is 1. The molecule has 1 aliphatic heterocycles. The smallest absolute Gasteiger partial charge is 0.423 e. The normalized spacial score (nSPS) is 14.9. The third kappa shape index (κ3) is 3.89. The summed E-state index contributed by atoms with van der Waals surface area (Å²) in [5.74, 6) is 0.314. The number of pyridine rings is 1. The van der Waals surface area contributed by atoms with Crippen LogP contribution in [-0.2, 0) is 6.54 Å². The van der Waals surface area contributed by atoms with Crippen molar-refractivity contribution >= 4 is 29.4 Å². The summed E-state index contributed by atoms with van der Waals surface area (Å²) in [4.78, 5) is 19.4. The van der Waals surface area contributed by atoms with E-state index in [-0.39, 0.29) is 5.91 Å². The molecule has 29 heavy (non-hydrogen) atoms. The van der Waals surface area contributed by atoms with E-state index in [2.05, 4.69) is 17.1 Å². The number of amides is 1. The second-order valence-electron chi connectivity index (χ2n) is 7.49. The molecule has 1 fully saturated rings. The van der Waals surface area contributed by atoms with Crippen molar-refractivity contribution in [3.05, 3.63) is 71.4 Å². The van der Waals surface area contributed by atoms with Gasteiger partial charge < -0.3 is 20.7 Å². The zero-order chi connectivity index (χ0) is 20.4. The molecule has 1 aliphatic rings. The molecule has 0 aliphatic carbocycles. The highest BCUT2D eigenvalue weighted by molar-refractivity contribution is 6.62. The maximum atomic E-state index is 13.3. The largest absolute Gasteiger partial charge is 0.489 e. The van der Waals surface area contributed by atoms with E-state index in [1.165, 1.54) is 5.56 Å². The molecule has 4 rings (SSSR count). The molecule has 6 nitrogen and oxygen atoms in total. The lowest BCUT2D eigenvalue weighted by Crippen LogP contribution is -2.39. The van der Waals surface area contributed by atoms with Crippen LogP contribution in [0.4, 0.5) is 0 Å². The minimum absolute atomic E-state index is 0.0975. The van der Waals surface area contributed by atoms with Gasteiger partial charge in [-0.3, -0.25) is 9.78 Å². The minimum atomic E-state index is -1.66. The first-order chi connectivity index (χ1) is 14.1. The summed E-state index contributed by atoms with van der Waals surface area (Å²) in [5.41, 5.74) is 9.50. The lowest BCUT2D eigenvalue weighted by atomic mass is 9.76. The van der Waals surface area contributed by atoms with E-state index in [0.717, 1.165) is 18.4 Å².